The maximum atomic E-state index is 4.82. The normalized spacial score (nSPS) is 14.8. The van der Waals surface area contributed by atoms with Gasteiger partial charge >= 0.3 is 0 Å². The van der Waals surface area contributed by atoms with Gasteiger partial charge in [0, 0.05) is 17.9 Å². The average Bonchev–Trinajstić information content (AvgIpc) is 2.71. The molecule has 4 nitrogen and oxygen atoms in total. The maximum Gasteiger partial charge on any atom is 0.205 e. The lowest BCUT2D eigenvalue weighted by molar-refractivity contribution is 0.273. The molecule has 1 aliphatic heterocycles. The van der Waals surface area contributed by atoms with Crippen molar-refractivity contribution in [1.29, 1.82) is 0 Å². The summed E-state index contributed by atoms with van der Waals surface area (Å²) in [5, 5.41) is 3.46. The summed E-state index contributed by atoms with van der Waals surface area (Å²) < 4.78 is 0. The molecule has 0 aromatic heterocycles. The van der Waals surface area contributed by atoms with Crippen molar-refractivity contribution >= 4 is 17.3 Å². The van der Waals surface area contributed by atoms with Crippen LogP contribution in [0.25, 0.3) is 0 Å². The van der Waals surface area contributed by atoms with Crippen LogP contribution >= 0.6 is 0 Å². The summed E-state index contributed by atoms with van der Waals surface area (Å²) in [6.07, 6.45) is 0. The van der Waals surface area contributed by atoms with E-state index in [9.17, 15) is 0 Å². The molecular weight excluding hydrogens is 320 g/mol. The fraction of sp³-hybridized carbons (Fsp3) is 0.136. The van der Waals surface area contributed by atoms with Gasteiger partial charge in [-0.05, 0) is 29.8 Å². The van der Waals surface area contributed by atoms with Crippen LogP contribution < -0.4 is 10.2 Å². The van der Waals surface area contributed by atoms with Crippen LogP contribution in [0, 0.1) is 0 Å². The largest absolute Gasteiger partial charge is 0.326 e. The topological polar surface area (TPSA) is 30.9 Å². The molecule has 0 aliphatic carbocycles. The van der Waals surface area contributed by atoms with Gasteiger partial charge in [-0.3, -0.25) is 9.80 Å². The number of nitrogens with one attached hydrogen (secondary N) is 1. The molecule has 26 heavy (non-hydrogen) atoms. The van der Waals surface area contributed by atoms with Gasteiger partial charge in [-0.1, -0.05) is 66.7 Å². The van der Waals surface area contributed by atoms with Crippen molar-refractivity contribution in [2.45, 2.75) is 6.54 Å². The molecule has 0 unspecified atom stereocenters. The van der Waals surface area contributed by atoms with E-state index in [4.69, 9.17) is 4.99 Å². The zero-order chi connectivity index (χ0) is 17.6. The highest BCUT2D eigenvalue weighted by Crippen LogP contribution is 2.20. The van der Waals surface area contributed by atoms with Gasteiger partial charge in [-0.15, -0.1) is 0 Å². The fourth-order valence-electron chi connectivity index (χ4n) is 3.08. The van der Waals surface area contributed by atoms with E-state index in [2.05, 4.69) is 81.8 Å². The van der Waals surface area contributed by atoms with E-state index < -0.39 is 0 Å². The van der Waals surface area contributed by atoms with Crippen molar-refractivity contribution in [3.05, 3.63) is 96.6 Å². The Balaban J connectivity index is 1.57. The van der Waals surface area contributed by atoms with E-state index in [-0.39, 0.29) is 0 Å². The summed E-state index contributed by atoms with van der Waals surface area (Å²) in [4.78, 5) is 9.37. The van der Waals surface area contributed by atoms with Crippen molar-refractivity contribution in [2.75, 3.05) is 23.6 Å². The Morgan fingerprint density at radius 2 is 1.38 bits per heavy atom. The van der Waals surface area contributed by atoms with Crippen LogP contribution in [0.3, 0.4) is 0 Å². The van der Waals surface area contributed by atoms with Gasteiger partial charge in [0.1, 0.15) is 0 Å². The number of aliphatic imine (C=N–C) groups is 1. The van der Waals surface area contributed by atoms with Crippen molar-refractivity contribution in [3.63, 3.8) is 0 Å². The Morgan fingerprint density at radius 1 is 0.769 bits per heavy atom. The predicted octanol–water partition coefficient (Wildman–Crippen LogP) is 4.39. The standard InChI is InChI=1S/C22H22N4/c1-4-10-19(11-5-1)16-25-17-23-22(24-20-12-6-2-7-13-20)26(18-25)21-14-8-3-9-15-21/h1-15H,16-18H2,(H,23,24). The van der Waals surface area contributed by atoms with Crippen LogP contribution in [0.5, 0.6) is 0 Å². The number of nitrogens with zero attached hydrogens (tertiary/aromatic N) is 3. The van der Waals surface area contributed by atoms with Crippen LogP contribution in [0.1, 0.15) is 5.56 Å². The number of rotatable bonds is 4. The molecule has 0 fully saturated rings. The smallest absolute Gasteiger partial charge is 0.205 e. The molecule has 1 aliphatic rings. The van der Waals surface area contributed by atoms with Gasteiger partial charge in [0.05, 0.1) is 13.3 Å². The molecule has 130 valence electrons. The minimum atomic E-state index is 0.674. The molecule has 1 N–H and O–H groups in total. The maximum absolute atomic E-state index is 4.82. The lowest BCUT2D eigenvalue weighted by atomic mass is 10.2. The molecule has 0 saturated carbocycles. The minimum Gasteiger partial charge on any atom is -0.326 e. The Hall–Kier alpha value is -3.11. The van der Waals surface area contributed by atoms with Crippen LogP contribution in [-0.4, -0.2) is 24.2 Å². The van der Waals surface area contributed by atoms with Gasteiger partial charge in [-0.2, -0.15) is 0 Å². The van der Waals surface area contributed by atoms with Gasteiger partial charge in [-0.25, -0.2) is 4.99 Å². The molecule has 0 bridgehead atoms. The third-order valence-electron chi connectivity index (χ3n) is 4.36. The van der Waals surface area contributed by atoms with Crippen molar-refractivity contribution < 1.29 is 0 Å². The summed E-state index contributed by atoms with van der Waals surface area (Å²) in [5.41, 5.74) is 3.48. The molecule has 0 saturated heterocycles. The zero-order valence-electron chi connectivity index (χ0n) is 14.6. The van der Waals surface area contributed by atoms with Crippen molar-refractivity contribution in [2.24, 2.45) is 4.99 Å². The van der Waals surface area contributed by atoms with Crippen LogP contribution in [0.15, 0.2) is 96.0 Å². The first-order chi connectivity index (χ1) is 12.9. The van der Waals surface area contributed by atoms with Gasteiger partial charge in [0.2, 0.25) is 5.96 Å². The molecular formula is C22H22N4. The van der Waals surface area contributed by atoms with E-state index in [0.29, 0.717) is 6.67 Å². The van der Waals surface area contributed by atoms with Crippen molar-refractivity contribution in [3.8, 4) is 0 Å². The molecule has 3 aromatic carbocycles. The van der Waals surface area contributed by atoms with Crippen LogP contribution in [-0.2, 0) is 6.54 Å². The Kier molecular flexibility index (Phi) is 4.94. The van der Waals surface area contributed by atoms with Crippen LogP contribution in [0.2, 0.25) is 0 Å². The summed E-state index contributed by atoms with van der Waals surface area (Å²) >= 11 is 0. The second-order valence-electron chi connectivity index (χ2n) is 6.33. The average molecular weight is 342 g/mol. The monoisotopic (exact) mass is 342 g/mol. The Labute approximate surface area is 154 Å². The quantitative estimate of drug-likeness (QED) is 0.763. The lowest BCUT2D eigenvalue weighted by Gasteiger charge is -2.36. The molecule has 1 heterocycles. The molecule has 4 rings (SSSR count). The molecule has 0 radical (unpaired) electrons. The molecule has 0 spiro atoms. The lowest BCUT2D eigenvalue weighted by Crippen LogP contribution is -2.48. The molecule has 3 aromatic rings. The third-order valence-corrected chi connectivity index (χ3v) is 4.36. The van der Waals surface area contributed by atoms with E-state index in [1.54, 1.807) is 0 Å². The summed E-state index contributed by atoms with van der Waals surface area (Å²) in [7, 11) is 0. The highest BCUT2D eigenvalue weighted by Gasteiger charge is 2.22. The van der Waals surface area contributed by atoms with E-state index in [1.807, 2.05) is 24.3 Å². The first-order valence-electron chi connectivity index (χ1n) is 8.84. The fourth-order valence-corrected chi connectivity index (χ4v) is 3.08. The first kappa shape index (κ1) is 16.4. The van der Waals surface area contributed by atoms with E-state index >= 15 is 0 Å². The number of anilines is 2. The second kappa shape index (κ2) is 7.85. The number of hydrogen-bond acceptors (Lipinski definition) is 4. The van der Waals surface area contributed by atoms with Crippen LogP contribution in [0.4, 0.5) is 11.4 Å². The Morgan fingerprint density at radius 3 is 2.08 bits per heavy atom. The molecule has 0 amide bonds. The highest BCUT2D eigenvalue weighted by atomic mass is 15.4. The minimum absolute atomic E-state index is 0.674. The highest BCUT2D eigenvalue weighted by molar-refractivity contribution is 6.05. The van der Waals surface area contributed by atoms with E-state index in [0.717, 1.165) is 30.5 Å². The van der Waals surface area contributed by atoms with Gasteiger partial charge in [0.15, 0.2) is 0 Å². The summed E-state index contributed by atoms with van der Waals surface area (Å²) in [6.45, 7) is 2.34. The van der Waals surface area contributed by atoms with E-state index in [1.165, 1.54) is 5.56 Å². The van der Waals surface area contributed by atoms with Gasteiger partial charge < -0.3 is 5.32 Å². The SMILES string of the molecule is c1ccc(CN2CN=C(Nc3ccccc3)N(c3ccccc3)C2)cc1. The molecule has 0 atom stereocenters. The number of guanidine groups is 1. The predicted molar refractivity (Wildman–Crippen MR) is 108 cm³/mol. The zero-order valence-corrected chi connectivity index (χ0v) is 14.6. The number of para-hydroxylation sites is 2. The Bertz CT molecular complexity index is 847. The second-order valence-corrected chi connectivity index (χ2v) is 6.33. The van der Waals surface area contributed by atoms with Crippen molar-refractivity contribution in [1.82, 2.24) is 4.90 Å². The first-order valence-corrected chi connectivity index (χ1v) is 8.84. The van der Waals surface area contributed by atoms with Gasteiger partial charge in [0.25, 0.3) is 0 Å². The molecule has 4 heteroatoms. The summed E-state index contributed by atoms with van der Waals surface area (Å²) in [6, 6.07) is 31.1. The number of benzene rings is 3. The summed E-state index contributed by atoms with van der Waals surface area (Å²) in [5.74, 6) is 0.881. The number of hydrogen-bond donors (Lipinski definition) is 1. The third kappa shape index (κ3) is 3.92.